The first-order valence-corrected chi connectivity index (χ1v) is 14.9. The highest BCUT2D eigenvalue weighted by Crippen LogP contribution is 2.44. The number of unbranched alkanes of at least 4 members (excludes halogenated alkanes) is 14. The van der Waals surface area contributed by atoms with Crippen LogP contribution in [0.15, 0.2) is 0 Å². The van der Waals surface area contributed by atoms with Crippen LogP contribution in [-0.4, -0.2) is 25.2 Å². The van der Waals surface area contributed by atoms with Crippen molar-refractivity contribution in [3.8, 4) is 0 Å². The van der Waals surface area contributed by atoms with Gasteiger partial charge >= 0.3 is 11.9 Å². The normalized spacial score (nSPS) is 22.1. The van der Waals surface area contributed by atoms with Gasteiger partial charge in [0.05, 0.1) is 25.0 Å². The molecule has 0 aromatic carbocycles. The maximum atomic E-state index is 13.0. The molecule has 34 heavy (non-hydrogen) atoms. The van der Waals surface area contributed by atoms with Gasteiger partial charge in [-0.3, -0.25) is 9.59 Å². The Hall–Kier alpha value is -1.06. The van der Waals surface area contributed by atoms with E-state index in [2.05, 4.69) is 27.7 Å². The summed E-state index contributed by atoms with van der Waals surface area (Å²) in [6.07, 6.45) is 21.4. The van der Waals surface area contributed by atoms with Crippen LogP contribution in [-0.2, 0) is 19.1 Å². The lowest BCUT2D eigenvalue weighted by Crippen LogP contribution is -2.34. The molecule has 4 atom stereocenters. The topological polar surface area (TPSA) is 52.6 Å². The highest BCUT2D eigenvalue weighted by atomic mass is 16.5. The predicted octanol–water partition coefficient (Wildman–Crippen LogP) is 8.65. The SMILES string of the molecule is CCCCCCCCCCOC(=O)C1C(C)CC(CC)C1C(=O)OCCCCCCCCCC. The summed E-state index contributed by atoms with van der Waals surface area (Å²) in [7, 11) is 0. The third-order valence-electron chi connectivity index (χ3n) is 7.74. The summed E-state index contributed by atoms with van der Waals surface area (Å²) in [5.74, 6) is -0.628. The van der Waals surface area contributed by atoms with E-state index in [4.69, 9.17) is 9.47 Å². The van der Waals surface area contributed by atoms with Gasteiger partial charge in [0.1, 0.15) is 0 Å². The summed E-state index contributed by atoms with van der Waals surface area (Å²) in [5, 5.41) is 0. The van der Waals surface area contributed by atoms with Gasteiger partial charge in [-0.15, -0.1) is 0 Å². The minimum absolute atomic E-state index is 0.173. The van der Waals surface area contributed by atoms with E-state index in [1.54, 1.807) is 0 Å². The molecule has 1 aliphatic rings. The summed E-state index contributed by atoms with van der Waals surface area (Å²) in [6.45, 7) is 9.65. The maximum Gasteiger partial charge on any atom is 0.310 e. The van der Waals surface area contributed by atoms with Crippen LogP contribution in [0.25, 0.3) is 0 Å². The zero-order valence-corrected chi connectivity index (χ0v) is 23.1. The van der Waals surface area contributed by atoms with Gasteiger partial charge in [0.25, 0.3) is 0 Å². The van der Waals surface area contributed by atoms with Crippen molar-refractivity contribution in [3.63, 3.8) is 0 Å². The number of ether oxygens (including phenoxy) is 2. The Morgan fingerprint density at radius 3 is 1.38 bits per heavy atom. The average Bonchev–Trinajstić information content (AvgIpc) is 3.18. The number of carbonyl (C=O) groups is 2. The Morgan fingerprint density at radius 1 is 0.588 bits per heavy atom. The molecule has 0 heterocycles. The second-order valence-electron chi connectivity index (χ2n) is 10.7. The van der Waals surface area contributed by atoms with E-state index in [0.717, 1.165) is 38.5 Å². The zero-order valence-electron chi connectivity index (χ0n) is 23.1. The van der Waals surface area contributed by atoms with Crippen LogP contribution in [0.5, 0.6) is 0 Å². The Balaban J connectivity index is 2.32. The second-order valence-corrected chi connectivity index (χ2v) is 10.7. The zero-order chi connectivity index (χ0) is 25.0. The molecule has 0 spiro atoms. The Labute approximate surface area is 211 Å². The molecule has 0 amide bonds. The third-order valence-corrected chi connectivity index (χ3v) is 7.74. The van der Waals surface area contributed by atoms with Crippen molar-refractivity contribution >= 4 is 11.9 Å². The molecule has 4 nitrogen and oxygen atoms in total. The number of rotatable bonds is 21. The minimum Gasteiger partial charge on any atom is -0.465 e. The molecule has 200 valence electrons. The quantitative estimate of drug-likeness (QED) is 0.122. The Bertz CT molecular complexity index is 518. The molecule has 1 aliphatic carbocycles. The molecule has 0 bridgehead atoms. The smallest absolute Gasteiger partial charge is 0.310 e. The molecule has 0 aromatic heterocycles. The lowest BCUT2D eigenvalue weighted by atomic mass is 9.86. The first-order chi connectivity index (χ1) is 16.6. The van der Waals surface area contributed by atoms with Gasteiger partial charge in [0, 0.05) is 0 Å². The minimum atomic E-state index is -0.343. The molecule has 0 saturated heterocycles. The number of carbonyl (C=O) groups excluding carboxylic acids is 2. The third kappa shape index (κ3) is 12.6. The Kier molecular flexibility index (Phi) is 18.4. The summed E-state index contributed by atoms with van der Waals surface area (Å²) >= 11 is 0. The van der Waals surface area contributed by atoms with Crippen LogP contribution in [0, 0.1) is 23.7 Å². The monoisotopic (exact) mass is 480 g/mol. The lowest BCUT2D eigenvalue weighted by Gasteiger charge is -2.23. The van der Waals surface area contributed by atoms with Crippen LogP contribution in [0.1, 0.15) is 143 Å². The van der Waals surface area contributed by atoms with Gasteiger partial charge in [-0.2, -0.15) is 0 Å². The lowest BCUT2D eigenvalue weighted by molar-refractivity contribution is -0.162. The molecular formula is C30H56O4. The molecule has 1 rings (SSSR count). The molecule has 1 fully saturated rings. The fourth-order valence-electron chi connectivity index (χ4n) is 5.57. The molecule has 0 radical (unpaired) electrons. The van der Waals surface area contributed by atoms with E-state index >= 15 is 0 Å². The summed E-state index contributed by atoms with van der Waals surface area (Å²) in [4.78, 5) is 25.9. The highest BCUT2D eigenvalue weighted by molar-refractivity contribution is 5.83. The summed E-state index contributed by atoms with van der Waals surface area (Å²) < 4.78 is 11.3. The Morgan fingerprint density at radius 2 is 0.971 bits per heavy atom. The van der Waals surface area contributed by atoms with Gasteiger partial charge in [0.2, 0.25) is 0 Å². The van der Waals surface area contributed by atoms with Crippen molar-refractivity contribution in [2.75, 3.05) is 13.2 Å². The molecule has 1 saturated carbocycles. The van der Waals surface area contributed by atoms with Crippen molar-refractivity contribution in [1.82, 2.24) is 0 Å². The standard InChI is InChI=1S/C30H56O4/c1-5-8-10-12-14-16-18-20-22-33-29(31)27-25(4)24-26(7-3)28(27)30(32)34-23-21-19-17-15-13-11-9-6-2/h25-28H,5-24H2,1-4H3. The van der Waals surface area contributed by atoms with Crippen LogP contribution < -0.4 is 0 Å². The fourth-order valence-corrected chi connectivity index (χ4v) is 5.57. The predicted molar refractivity (Wildman–Crippen MR) is 142 cm³/mol. The first-order valence-electron chi connectivity index (χ1n) is 14.9. The van der Waals surface area contributed by atoms with Gasteiger partial charge in [-0.05, 0) is 31.1 Å². The maximum absolute atomic E-state index is 13.0. The van der Waals surface area contributed by atoms with E-state index in [0.29, 0.717) is 13.2 Å². The van der Waals surface area contributed by atoms with Crippen LogP contribution in [0.3, 0.4) is 0 Å². The molecule has 0 aliphatic heterocycles. The summed E-state index contributed by atoms with van der Waals surface area (Å²) in [5.41, 5.74) is 0. The van der Waals surface area contributed by atoms with E-state index in [-0.39, 0.29) is 35.6 Å². The average molecular weight is 481 g/mol. The largest absolute Gasteiger partial charge is 0.465 e. The van der Waals surface area contributed by atoms with Crippen molar-refractivity contribution in [1.29, 1.82) is 0 Å². The van der Waals surface area contributed by atoms with Gasteiger partial charge in [-0.1, -0.05) is 124 Å². The van der Waals surface area contributed by atoms with Crippen molar-refractivity contribution in [2.45, 2.75) is 143 Å². The van der Waals surface area contributed by atoms with Gasteiger partial charge in [-0.25, -0.2) is 0 Å². The second kappa shape index (κ2) is 20.2. The molecule has 4 unspecified atom stereocenters. The van der Waals surface area contributed by atoms with E-state index < -0.39 is 0 Å². The van der Waals surface area contributed by atoms with Crippen molar-refractivity contribution in [3.05, 3.63) is 0 Å². The molecule has 4 heteroatoms. The van der Waals surface area contributed by atoms with E-state index in [1.165, 1.54) is 77.0 Å². The van der Waals surface area contributed by atoms with Gasteiger partial charge in [0.15, 0.2) is 0 Å². The highest BCUT2D eigenvalue weighted by Gasteiger charge is 2.49. The van der Waals surface area contributed by atoms with Crippen LogP contribution >= 0.6 is 0 Å². The summed E-state index contributed by atoms with van der Waals surface area (Å²) in [6, 6.07) is 0. The van der Waals surface area contributed by atoms with E-state index in [9.17, 15) is 9.59 Å². The molecular weight excluding hydrogens is 424 g/mol. The van der Waals surface area contributed by atoms with Gasteiger partial charge < -0.3 is 9.47 Å². The van der Waals surface area contributed by atoms with E-state index in [1.807, 2.05) is 0 Å². The van der Waals surface area contributed by atoms with Crippen molar-refractivity contribution in [2.24, 2.45) is 23.7 Å². The molecule has 0 aromatic rings. The fraction of sp³-hybridized carbons (Fsp3) is 0.933. The van der Waals surface area contributed by atoms with Crippen LogP contribution in [0.4, 0.5) is 0 Å². The molecule has 0 N–H and O–H groups in total. The number of hydrogen-bond donors (Lipinski definition) is 0. The van der Waals surface area contributed by atoms with Crippen LogP contribution in [0.2, 0.25) is 0 Å². The number of hydrogen-bond acceptors (Lipinski definition) is 4. The van der Waals surface area contributed by atoms with Crippen molar-refractivity contribution < 1.29 is 19.1 Å². The number of esters is 2. The first kappa shape index (κ1) is 31.0.